The average molecular weight is 588 g/mol. The number of rotatable bonds is 10. The molecular formula is C33H38FN5O4. The van der Waals surface area contributed by atoms with E-state index in [0.717, 1.165) is 36.3 Å². The van der Waals surface area contributed by atoms with Crippen LogP contribution in [0.25, 0.3) is 10.9 Å². The fourth-order valence-corrected chi connectivity index (χ4v) is 4.94. The molecule has 10 heteroatoms. The van der Waals surface area contributed by atoms with Gasteiger partial charge in [0.15, 0.2) is 11.5 Å². The van der Waals surface area contributed by atoms with Crippen molar-refractivity contribution in [1.29, 1.82) is 0 Å². The number of likely N-dealkylation sites (tertiary alicyclic amines) is 1. The number of hydrogen-bond acceptors (Lipinski definition) is 8. The standard InChI is InChI=1S/C33H38FN5O4/c1-33(2,3)43-32(40)39(21-23-7-9-24(34)10-8-23)26-13-11-25(12-14-26)37-31-27-19-30(42-18-17-38-15-5-6-16-38)29(41-4)20-28(27)35-22-36-31/h7-14,19-20,22H,5-6,15-18,21H2,1-4H3,(H,35,36,37). The predicted molar refractivity (Wildman–Crippen MR) is 166 cm³/mol. The van der Waals surface area contributed by atoms with Crippen molar-refractivity contribution in [1.82, 2.24) is 14.9 Å². The Balaban J connectivity index is 1.36. The van der Waals surface area contributed by atoms with Gasteiger partial charge in [0.05, 0.1) is 19.2 Å². The van der Waals surface area contributed by atoms with E-state index in [1.807, 2.05) is 57.2 Å². The number of hydrogen-bond donors (Lipinski definition) is 1. The van der Waals surface area contributed by atoms with E-state index in [9.17, 15) is 9.18 Å². The van der Waals surface area contributed by atoms with Gasteiger partial charge in [-0.2, -0.15) is 0 Å². The van der Waals surface area contributed by atoms with E-state index in [1.54, 1.807) is 19.2 Å². The number of fused-ring (bicyclic) bond motifs is 1. The van der Waals surface area contributed by atoms with Gasteiger partial charge in [0.2, 0.25) is 0 Å². The van der Waals surface area contributed by atoms with Gasteiger partial charge in [0.25, 0.3) is 0 Å². The van der Waals surface area contributed by atoms with Gasteiger partial charge in [-0.3, -0.25) is 9.80 Å². The fourth-order valence-electron chi connectivity index (χ4n) is 4.94. The summed E-state index contributed by atoms with van der Waals surface area (Å²) < 4.78 is 30.9. The van der Waals surface area contributed by atoms with Crippen LogP contribution < -0.4 is 19.7 Å². The van der Waals surface area contributed by atoms with Crippen molar-refractivity contribution in [2.45, 2.75) is 45.8 Å². The summed E-state index contributed by atoms with van der Waals surface area (Å²) in [5.41, 5.74) is 2.22. The third kappa shape index (κ3) is 7.90. The SMILES string of the molecule is COc1cc2ncnc(Nc3ccc(N(Cc4ccc(F)cc4)C(=O)OC(C)(C)C)cc3)c2cc1OCCN1CCCC1. The molecular weight excluding hydrogens is 549 g/mol. The number of nitrogens with zero attached hydrogens (tertiary/aromatic N) is 4. The van der Waals surface area contributed by atoms with Crippen molar-refractivity contribution in [2.75, 3.05) is 43.6 Å². The Morgan fingerprint density at radius 1 is 1.00 bits per heavy atom. The molecule has 43 heavy (non-hydrogen) atoms. The van der Waals surface area contributed by atoms with E-state index in [1.165, 1.54) is 36.2 Å². The number of halogens is 1. The number of methoxy groups -OCH3 is 1. The lowest BCUT2D eigenvalue weighted by molar-refractivity contribution is 0.0577. The molecule has 1 aliphatic rings. The number of carbonyl (C=O) groups is 1. The highest BCUT2D eigenvalue weighted by molar-refractivity contribution is 5.93. The number of carbonyl (C=O) groups excluding carboxylic acids is 1. The normalized spacial score (nSPS) is 13.6. The zero-order chi connectivity index (χ0) is 30.4. The highest BCUT2D eigenvalue weighted by Gasteiger charge is 2.24. The van der Waals surface area contributed by atoms with Crippen molar-refractivity contribution >= 4 is 34.2 Å². The zero-order valence-corrected chi connectivity index (χ0v) is 25.1. The molecule has 5 rings (SSSR count). The summed E-state index contributed by atoms with van der Waals surface area (Å²) in [5.74, 6) is 1.53. The highest BCUT2D eigenvalue weighted by atomic mass is 19.1. The van der Waals surface area contributed by atoms with E-state index < -0.39 is 11.7 Å². The Labute approximate surface area is 251 Å². The summed E-state index contributed by atoms with van der Waals surface area (Å²) in [6.07, 6.45) is 3.48. The minimum absolute atomic E-state index is 0.223. The largest absolute Gasteiger partial charge is 0.493 e. The maximum absolute atomic E-state index is 13.5. The molecule has 0 saturated carbocycles. The maximum Gasteiger partial charge on any atom is 0.415 e. The molecule has 1 amide bonds. The fraction of sp³-hybridized carbons (Fsp3) is 0.364. The number of amides is 1. The first-order chi connectivity index (χ1) is 20.7. The number of aromatic nitrogens is 2. The third-order valence-corrected chi connectivity index (χ3v) is 7.09. The van der Waals surface area contributed by atoms with E-state index >= 15 is 0 Å². The van der Waals surface area contributed by atoms with Gasteiger partial charge in [0.1, 0.15) is 30.2 Å². The lowest BCUT2D eigenvalue weighted by atomic mass is 10.1. The summed E-state index contributed by atoms with van der Waals surface area (Å²) in [6, 6.07) is 17.2. The molecule has 0 unspecified atom stereocenters. The van der Waals surface area contributed by atoms with Gasteiger partial charge in [-0.1, -0.05) is 12.1 Å². The summed E-state index contributed by atoms with van der Waals surface area (Å²) >= 11 is 0. The van der Waals surface area contributed by atoms with Crippen molar-refractivity contribution in [3.8, 4) is 11.5 Å². The molecule has 9 nitrogen and oxygen atoms in total. The van der Waals surface area contributed by atoms with Crippen molar-refractivity contribution < 1.29 is 23.4 Å². The Hall–Kier alpha value is -4.44. The molecule has 1 saturated heterocycles. The lowest BCUT2D eigenvalue weighted by Gasteiger charge is -2.27. The molecule has 226 valence electrons. The quantitative estimate of drug-likeness (QED) is 0.214. The molecule has 1 aromatic heterocycles. The monoisotopic (exact) mass is 587 g/mol. The van der Waals surface area contributed by atoms with Crippen molar-refractivity contribution in [3.05, 3.63) is 78.4 Å². The van der Waals surface area contributed by atoms with Gasteiger partial charge < -0.3 is 19.5 Å². The van der Waals surface area contributed by atoms with Crippen molar-refractivity contribution in [2.24, 2.45) is 0 Å². The second-order valence-electron chi connectivity index (χ2n) is 11.5. The van der Waals surface area contributed by atoms with Crippen LogP contribution in [-0.4, -0.2) is 59.9 Å². The molecule has 4 aromatic rings. The lowest BCUT2D eigenvalue weighted by Crippen LogP contribution is -2.36. The van der Waals surface area contributed by atoms with Gasteiger partial charge in [0, 0.05) is 29.4 Å². The summed E-state index contributed by atoms with van der Waals surface area (Å²) in [4.78, 5) is 26.0. The number of nitrogens with one attached hydrogen (secondary N) is 1. The second kappa shape index (κ2) is 13.2. The van der Waals surface area contributed by atoms with Gasteiger partial charge in [-0.05, 0) is 94.7 Å². The van der Waals surface area contributed by atoms with Crippen LogP contribution >= 0.6 is 0 Å². The summed E-state index contributed by atoms with van der Waals surface area (Å²) in [7, 11) is 1.62. The van der Waals surface area contributed by atoms with E-state index in [0.29, 0.717) is 35.1 Å². The van der Waals surface area contributed by atoms with Crippen LogP contribution in [0.3, 0.4) is 0 Å². The van der Waals surface area contributed by atoms with Crippen LogP contribution in [0.4, 0.5) is 26.4 Å². The van der Waals surface area contributed by atoms with E-state index in [4.69, 9.17) is 14.2 Å². The molecule has 2 heterocycles. The van der Waals surface area contributed by atoms with Crippen LogP contribution in [0, 0.1) is 5.82 Å². The van der Waals surface area contributed by atoms with Crippen LogP contribution in [0.5, 0.6) is 11.5 Å². The maximum atomic E-state index is 13.5. The van der Waals surface area contributed by atoms with Crippen LogP contribution in [-0.2, 0) is 11.3 Å². The third-order valence-electron chi connectivity index (χ3n) is 7.09. The molecule has 0 bridgehead atoms. The molecule has 0 aliphatic carbocycles. The number of anilines is 3. The summed E-state index contributed by atoms with van der Waals surface area (Å²) in [5, 5.41) is 4.16. The Morgan fingerprint density at radius 3 is 2.40 bits per heavy atom. The summed E-state index contributed by atoms with van der Waals surface area (Å²) in [6.45, 7) is 9.33. The van der Waals surface area contributed by atoms with Gasteiger partial charge >= 0.3 is 6.09 Å². The Bertz CT molecular complexity index is 1530. The minimum Gasteiger partial charge on any atom is -0.493 e. The molecule has 3 aromatic carbocycles. The highest BCUT2D eigenvalue weighted by Crippen LogP contribution is 2.35. The Kier molecular flexibility index (Phi) is 9.25. The first kappa shape index (κ1) is 30.0. The number of benzene rings is 3. The van der Waals surface area contributed by atoms with Crippen LogP contribution in [0.15, 0.2) is 67.0 Å². The number of ether oxygens (including phenoxy) is 3. The molecule has 1 N–H and O–H groups in total. The zero-order valence-electron chi connectivity index (χ0n) is 25.1. The van der Waals surface area contributed by atoms with Crippen LogP contribution in [0.1, 0.15) is 39.2 Å². The molecule has 1 fully saturated rings. The van der Waals surface area contributed by atoms with Gasteiger partial charge in [-0.15, -0.1) is 0 Å². The Morgan fingerprint density at radius 2 is 1.72 bits per heavy atom. The minimum atomic E-state index is -0.673. The molecule has 0 radical (unpaired) electrons. The van der Waals surface area contributed by atoms with E-state index in [-0.39, 0.29) is 12.4 Å². The first-order valence-electron chi connectivity index (χ1n) is 14.5. The van der Waals surface area contributed by atoms with E-state index in [2.05, 4.69) is 20.2 Å². The molecule has 0 spiro atoms. The predicted octanol–water partition coefficient (Wildman–Crippen LogP) is 6.94. The van der Waals surface area contributed by atoms with Crippen molar-refractivity contribution in [3.63, 3.8) is 0 Å². The molecule has 1 aliphatic heterocycles. The van der Waals surface area contributed by atoms with Gasteiger partial charge in [-0.25, -0.2) is 19.2 Å². The molecule has 0 atom stereocenters. The first-order valence-corrected chi connectivity index (χ1v) is 14.5. The second-order valence-corrected chi connectivity index (χ2v) is 11.5. The topological polar surface area (TPSA) is 89.1 Å². The van der Waals surface area contributed by atoms with Crippen LogP contribution in [0.2, 0.25) is 0 Å². The average Bonchev–Trinajstić information content (AvgIpc) is 3.50. The smallest absolute Gasteiger partial charge is 0.415 e.